The second kappa shape index (κ2) is 7.55. The lowest BCUT2D eigenvalue weighted by atomic mass is 9.96. The lowest BCUT2D eigenvalue weighted by molar-refractivity contribution is 0.443. The van der Waals surface area contributed by atoms with Crippen LogP contribution in [0.3, 0.4) is 0 Å². The molecular formula is C17H24N2S. The Labute approximate surface area is 126 Å². The number of nitrogens with one attached hydrogen (secondary N) is 1. The maximum Gasteiger partial charge on any atom is 0.0931 e. The monoisotopic (exact) mass is 288 g/mol. The molecule has 1 N–H and O–H groups in total. The van der Waals surface area contributed by atoms with Crippen molar-refractivity contribution in [1.82, 2.24) is 10.3 Å². The summed E-state index contributed by atoms with van der Waals surface area (Å²) < 4.78 is 0. The third-order valence-corrected chi connectivity index (χ3v) is 4.30. The van der Waals surface area contributed by atoms with Gasteiger partial charge in [-0.25, -0.2) is 4.98 Å². The molecule has 1 aromatic carbocycles. The van der Waals surface area contributed by atoms with E-state index in [-0.39, 0.29) is 0 Å². The molecule has 2 nitrogen and oxygen atoms in total. The summed E-state index contributed by atoms with van der Waals surface area (Å²) in [6.07, 6.45) is 2.17. The van der Waals surface area contributed by atoms with Crippen molar-refractivity contribution in [2.24, 2.45) is 5.92 Å². The van der Waals surface area contributed by atoms with E-state index in [9.17, 15) is 0 Å². The van der Waals surface area contributed by atoms with E-state index in [4.69, 9.17) is 0 Å². The van der Waals surface area contributed by atoms with E-state index in [1.54, 1.807) is 11.3 Å². The van der Waals surface area contributed by atoms with E-state index in [1.165, 1.54) is 10.6 Å². The number of benzene rings is 1. The van der Waals surface area contributed by atoms with E-state index in [0.717, 1.165) is 25.1 Å². The van der Waals surface area contributed by atoms with Gasteiger partial charge >= 0.3 is 0 Å². The minimum absolute atomic E-state index is 0.534. The van der Waals surface area contributed by atoms with Crippen LogP contribution in [0.2, 0.25) is 0 Å². The van der Waals surface area contributed by atoms with Crippen LogP contribution < -0.4 is 5.32 Å². The van der Waals surface area contributed by atoms with Crippen molar-refractivity contribution in [3.63, 3.8) is 0 Å². The molecule has 0 amide bonds. The molecule has 0 aliphatic carbocycles. The lowest BCUT2D eigenvalue weighted by Gasteiger charge is -2.18. The first-order chi connectivity index (χ1) is 9.63. The van der Waals surface area contributed by atoms with Gasteiger partial charge in [0.1, 0.15) is 0 Å². The average molecular weight is 288 g/mol. The number of thiazole rings is 1. The summed E-state index contributed by atoms with van der Waals surface area (Å²) in [6.45, 7) is 7.52. The molecular weight excluding hydrogens is 264 g/mol. The first-order valence-electron chi connectivity index (χ1n) is 7.32. The van der Waals surface area contributed by atoms with Gasteiger partial charge in [0.25, 0.3) is 0 Å². The van der Waals surface area contributed by atoms with Gasteiger partial charge in [-0.15, -0.1) is 11.3 Å². The Morgan fingerprint density at radius 1 is 1.15 bits per heavy atom. The summed E-state index contributed by atoms with van der Waals surface area (Å²) in [6, 6.07) is 11.3. The Bertz CT molecular complexity index is 505. The first kappa shape index (κ1) is 15.2. The van der Waals surface area contributed by atoms with Crippen molar-refractivity contribution in [1.29, 1.82) is 0 Å². The Kier molecular flexibility index (Phi) is 5.74. The predicted octanol–water partition coefficient (Wildman–Crippen LogP) is 3.85. The molecule has 0 aliphatic rings. The smallest absolute Gasteiger partial charge is 0.0931 e. The molecule has 0 fully saturated rings. The first-order valence-corrected chi connectivity index (χ1v) is 8.19. The van der Waals surface area contributed by atoms with Crippen molar-refractivity contribution in [2.75, 3.05) is 6.54 Å². The summed E-state index contributed by atoms with van der Waals surface area (Å²) in [5, 5.41) is 6.97. The number of aromatic nitrogens is 1. The van der Waals surface area contributed by atoms with E-state index in [1.807, 2.05) is 0 Å². The van der Waals surface area contributed by atoms with Crippen LogP contribution in [0.15, 0.2) is 35.7 Å². The molecule has 0 bridgehead atoms. The molecule has 1 heterocycles. The maximum absolute atomic E-state index is 4.61. The summed E-state index contributed by atoms with van der Waals surface area (Å²) in [5.74, 6) is 0.602. The number of hydrogen-bond donors (Lipinski definition) is 1. The van der Waals surface area contributed by atoms with Crippen LogP contribution in [0.4, 0.5) is 0 Å². The molecule has 1 atom stereocenters. The Hall–Kier alpha value is -1.19. The SMILES string of the molecule is Cc1csc(CC(CNC(C)C)Cc2ccccc2)n1. The zero-order valence-electron chi connectivity index (χ0n) is 12.6. The second-order valence-corrected chi connectivity index (χ2v) is 6.65. The molecule has 0 saturated heterocycles. The van der Waals surface area contributed by atoms with E-state index < -0.39 is 0 Å². The topological polar surface area (TPSA) is 24.9 Å². The van der Waals surface area contributed by atoms with E-state index in [2.05, 4.69) is 66.8 Å². The highest BCUT2D eigenvalue weighted by molar-refractivity contribution is 7.09. The third kappa shape index (κ3) is 5.06. The van der Waals surface area contributed by atoms with E-state index >= 15 is 0 Å². The van der Waals surface area contributed by atoms with Crippen molar-refractivity contribution in [2.45, 2.75) is 39.7 Å². The fourth-order valence-electron chi connectivity index (χ4n) is 2.31. The van der Waals surface area contributed by atoms with Crippen LogP contribution in [0.5, 0.6) is 0 Å². The van der Waals surface area contributed by atoms with Gasteiger partial charge in [-0.05, 0) is 31.4 Å². The van der Waals surface area contributed by atoms with E-state index in [0.29, 0.717) is 12.0 Å². The molecule has 0 saturated carbocycles. The molecule has 2 rings (SSSR count). The molecule has 0 aliphatic heterocycles. The molecule has 1 aromatic heterocycles. The summed E-state index contributed by atoms with van der Waals surface area (Å²) in [4.78, 5) is 4.61. The third-order valence-electron chi connectivity index (χ3n) is 3.31. The van der Waals surface area contributed by atoms with Gasteiger partial charge in [-0.2, -0.15) is 0 Å². The highest BCUT2D eigenvalue weighted by Crippen LogP contribution is 2.17. The van der Waals surface area contributed by atoms with Crippen LogP contribution in [-0.2, 0) is 12.8 Å². The molecule has 0 radical (unpaired) electrons. The largest absolute Gasteiger partial charge is 0.314 e. The maximum atomic E-state index is 4.61. The lowest BCUT2D eigenvalue weighted by Crippen LogP contribution is -2.31. The number of hydrogen-bond acceptors (Lipinski definition) is 3. The summed E-state index contributed by atoms with van der Waals surface area (Å²) in [5.41, 5.74) is 2.55. The standard InChI is InChI=1S/C17H24N2S/c1-13(2)18-11-16(9-15-7-5-4-6-8-15)10-17-19-14(3)12-20-17/h4-8,12-13,16,18H,9-11H2,1-3H3. The van der Waals surface area contributed by atoms with Gasteiger partial charge < -0.3 is 5.32 Å². The molecule has 0 spiro atoms. The van der Waals surface area contributed by atoms with Crippen LogP contribution in [0, 0.1) is 12.8 Å². The van der Waals surface area contributed by atoms with Crippen molar-refractivity contribution in [3.05, 3.63) is 52.0 Å². The fourth-order valence-corrected chi connectivity index (χ4v) is 3.20. The Morgan fingerprint density at radius 2 is 1.90 bits per heavy atom. The van der Waals surface area contributed by atoms with Gasteiger partial charge in [0.05, 0.1) is 5.01 Å². The molecule has 1 unspecified atom stereocenters. The summed E-state index contributed by atoms with van der Waals surface area (Å²) >= 11 is 1.78. The van der Waals surface area contributed by atoms with Gasteiger partial charge in [-0.3, -0.25) is 0 Å². The van der Waals surface area contributed by atoms with Crippen LogP contribution in [0.1, 0.15) is 30.1 Å². The van der Waals surface area contributed by atoms with Gasteiger partial charge in [-0.1, -0.05) is 44.2 Å². The highest BCUT2D eigenvalue weighted by Gasteiger charge is 2.13. The minimum atomic E-state index is 0.534. The second-order valence-electron chi connectivity index (χ2n) is 5.71. The molecule has 2 aromatic rings. The quantitative estimate of drug-likeness (QED) is 0.837. The summed E-state index contributed by atoms with van der Waals surface area (Å²) in [7, 11) is 0. The van der Waals surface area contributed by atoms with Crippen molar-refractivity contribution >= 4 is 11.3 Å². The number of rotatable bonds is 7. The van der Waals surface area contributed by atoms with Crippen LogP contribution >= 0.6 is 11.3 Å². The number of nitrogens with zero attached hydrogens (tertiary/aromatic N) is 1. The van der Waals surface area contributed by atoms with Gasteiger partial charge in [0.2, 0.25) is 0 Å². The van der Waals surface area contributed by atoms with Crippen LogP contribution in [0.25, 0.3) is 0 Å². The molecule has 3 heteroatoms. The number of aryl methyl sites for hydroxylation is 1. The van der Waals surface area contributed by atoms with Crippen LogP contribution in [-0.4, -0.2) is 17.6 Å². The zero-order chi connectivity index (χ0) is 14.4. The molecule has 20 heavy (non-hydrogen) atoms. The van der Waals surface area contributed by atoms with Gasteiger partial charge in [0, 0.05) is 23.5 Å². The Balaban J connectivity index is 2.00. The molecule has 108 valence electrons. The fraction of sp³-hybridized carbons (Fsp3) is 0.471. The zero-order valence-corrected chi connectivity index (χ0v) is 13.4. The highest BCUT2D eigenvalue weighted by atomic mass is 32.1. The normalized spacial score (nSPS) is 12.8. The minimum Gasteiger partial charge on any atom is -0.314 e. The van der Waals surface area contributed by atoms with Crippen molar-refractivity contribution < 1.29 is 0 Å². The average Bonchev–Trinajstić information content (AvgIpc) is 2.82. The predicted molar refractivity (Wildman–Crippen MR) is 87.3 cm³/mol. The Morgan fingerprint density at radius 3 is 2.50 bits per heavy atom. The van der Waals surface area contributed by atoms with Crippen molar-refractivity contribution in [3.8, 4) is 0 Å². The van der Waals surface area contributed by atoms with Gasteiger partial charge in [0.15, 0.2) is 0 Å².